The van der Waals surface area contributed by atoms with Crippen LogP contribution in [0.1, 0.15) is 15.4 Å². The molecule has 1 aromatic heterocycles. The Morgan fingerprint density at radius 2 is 1.75 bits per heavy atom. The molecule has 1 saturated heterocycles. The van der Waals surface area contributed by atoms with Gasteiger partial charge in [0, 0.05) is 31.7 Å². The number of sulfonamides is 1. The van der Waals surface area contributed by atoms with Crippen molar-refractivity contribution in [3.63, 3.8) is 0 Å². The summed E-state index contributed by atoms with van der Waals surface area (Å²) in [4.78, 5) is 19.6. The number of hydrogen-bond donors (Lipinski definition) is 0. The highest BCUT2D eigenvalue weighted by Gasteiger charge is 2.28. The monoisotopic (exact) mass is 365 g/mol. The lowest BCUT2D eigenvalue weighted by molar-refractivity contribution is 0.0702. The molecule has 2 heterocycles. The molecule has 1 aromatic carbocycles. The second-order valence-electron chi connectivity index (χ2n) is 5.75. The number of carbonyl (C=O) groups excluding carboxylic acids is 1. The summed E-state index contributed by atoms with van der Waals surface area (Å²) in [6.07, 6.45) is 1.20. The van der Waals surface area contributed by atoms with Crippen LogP contribution >= 0.6 is 11.3 Å². The molecule has 0 aliphatic carbocycles. The molecule has 0 saturated carbocycles. The van der Waals surface area contributed by atoms with E-state index in [1.807, 2.05) is 37.3 Å². The third-order valence-corrected chi connectivity index (χ3v) is 6.50. The Hall–Kier alpha value is -1.77. The Morgan fingerprint density at radius 3 is 2.33 bits per heavy atom. The van der Waals surface area contributed by atoms with E-state index in [4.69, 9.17) is 0 Å². The van der Waals surface area contributed by atoms with E-state index in [2.05, 4.69) is 4.98 Å². The minimum atomic E-state index is -3.19. The van der Waals surface area contributed by atoms with Crippen LogP contribution in [0.3, 0.4) is 0 Å². The molecular weight excluding hydrogens is 346 g/mol. The van der Waals surface area contributed by atoms with Crippen LogP contribution in [0.5, 0.6) is 0 Å². The van der Waals surface area contributed by atoms with Crippen molar-refractivity contribution in [3.05, 3.63) is 40.9 Å². The molecule has 0 atom stereocenters. The summed E-state index contributed by atoms with van der Waals surface area (Å²) < 4.78 is 24.5. The number of nitrogens with zero attached hydrogens (tertiary/aromatic N) is 3. The normalized spacial score (nSPS) is 16.3. The van der Waals surface area contributed by atoms with Crippen LogP contribution in [-0.4, -0.2) is 60.9 Å². The van der Waals surface area contributed by atoms with Gasteiger partial charge in [-0.1, -0.05) is 30.3 Å². The lowest BCUT2D eigenvalue weighted by atomic mass is 10.2. The molecule has 6 nitrogen and oxygen atoms in total. The maximum atomic E-state index is 12.7. The number of piperazine rings is 1. The molecular formula is C16H19N3O3S2. The molecule has 3 rings (SSSR count). The average molecular weight is 365 g/mol. The largest absolute Gasteiger partial charge is 0.335 e. The van der Waals surface area contributed by atoms with Gasteiger partial charge in [-0.3, -0.25) is 4.79 Å². The summed E-state index contributed by atoms with van der Waals surface area (Å²) >= 11 is 1.39. The van der Waals surface area contributed by atoms with Gasteiger partial charge in [-0.05, 0) is 6.92 Å². The first-order valence-electron chi connectivity index (χ1n) is 7.63. The van der Waals surface area contributed by atoms with Crippen molar-refractivity contribution < 1.29 is 13.2 Å². The highest BCUT2D eigenvalue weighted by atomic mass is 32.2. The van der Waals surface area contributed by atoms with Gasteiger partial charge in [0.05, 0.1) is 11.9 Å². The smallest absolute Gasteiger partial charge is 0.265 e. The predicted molar refractivity (Wildman–Crippen MR) is 94.6 cm³/mol. The molecule has 1 aliphatic rings. The number of rotatable bonds is 3. The highest BCUT2D eigenvalue weighted by molar-refractivity contribution is 7.88. The van der Waals surface area contributed by atoms with Crippen molar-refractivity contribution in [2.45, 2.75) is 6.92 Å². The molecule has 2 aromatic rings. The molecule has 0 radical (unpaired) electrons. The van der Waals surface area contributed by atoms with E-state index in [-0.39, 0.29) is 5.91 Å². The molecule has 1 aliphatic heterocycles. The standard InChI is InChI=1S/C16H19N3O3S2/c1-12-14(23-15(17-12)13-6-4-3-5-7-13)16(20)18-8-10-19(11-9-18)24(2,21)22/h3-7H,8-11H2,1-2H3. The van der Waals surface area contributed by atoms with Gasteiger partial charge < -0.3 is 4.90 Å². The van der Waals surface area contributed by atoms with Crippen LogP contribution in [0, 0.1) is 6.92 Å². The summed E-state index contributed by atoms with van der Waals surface area (Å²) in [6.45, 7) is 3.33. The van der Waals surface area contributed by atoms with Crippen LogP contribution in [0.25, 0.3) is 10.6 Å². The van der Waals surface area contributed by atoms with Crippen molar-refractivity contribution in [2.24, 2.45) is 0 Å². The van der Waals surface area contributed by atoms with Gasteiger partial charge in [0.15, 0.2) is 0 Å². The SMILES string of the molecule is Cc1nc(-c2ccccc2)sc1C(=O)N1CCN(S(C)(=O)=O)CC1. The number of amides is 1. The molecule has 0 unspecified atom stereocenters. The van der Waals surface area contributed by atoms with Crippen LogP contribution in [-0.2, 0) is 10.0 Å². The Morgan fingerprint density at radius 1 is 1.12 bits per heavy atom. The molecule has 1 amide bonds. The molecule has 8 heteroatoms. The quantitative estimate of drug-likeness (QED) is 0.832. The first-order chi connectivity index (χ1) is 11.4. The third kappa shape index (κ3) is 3.50. The molecule has 128 valence electrons. The van der Waals surface area contributed by atoms with E-state index in [9.17, 15) is 13.2 Å². The Balaban J connectivity index is 1.76. The van der Waals surface area contributed by atoms with Crippen molar-refractivity contribution in [3.8, 4) is 10.6 Å². The summed E-state index contributed by atoms with van der Waals surface area (Å²) in [6, 6.07) is 9.77. The van der Waals surface area contributed by atoms with Crippen LogP contribution < -0.4 is 0 Å². The summed E-state index contributed by atoms with van der Waals surface area (Å²) in [5, 5.41) is 0.825. The Kier molecular flexibility index (Phi) is 4.71. The van der Waals surface area contributed by atoms with E-state index < -0.39 is 10.0 Å². The van der Waals surface area contributed by atoms with Gasteiger partial charge in [-0.25, -0.2) is 13.4 Å². The van der Waals surface area contributed by atoms with Gasteiger partial charge in [0.25, 0.3) is 5.91 Å². The first kappa shape index (κ1) is 17.1. The molecule has 0 bridgehead atoms. The van der Waals surface area contributed by atoms with E-state index in [1.54, 1.807) is 4.90 Å². The Labute approximate surface area is 145 Å². The van der Waals surface area contributed by atoms with Gasteiger partial charge in [0.1, 0.15) is 9.88 Å². The zero-order valence-corrected chi connectivity index (χ0v) is 15.2. The lowest BCUT2D eigenvalue weighted by Crippen LogP contribution is -2.50. The van der Waals surface area contributed by atoms with Gasteiger partial charge >= 0.3 is 0 Å². The second kappa shape index (κ2) is 6.62. The zero-order valence-electron chi connectivity index (χ0n) is 13.6. The number of aryl methyl sites for hydroxylation is 1. The number of carbonyl (C=O) groups is 1. The molecule has 0 spiro atoms. The fourth-order valence-electron chi connectivity index (χ4n) is 2.67. The van der Waals surface area contributed by atoms with Crippen LogP contribution in [0.4, 0.5) is 0 Å². The average Bonchev–Trinajstić information content (AvgIpc) is 2.96. The van der Waals surface area contributed by atoms with E-state index in [1.165, 1.54) is 21.9 Å². The number of benzene rings is 1. The number of aromatic nitrogens is 1. The first-order valence-corrected chi connectivity index (χ1v) is 10.3. The number of hydrogen-bond acceptors (Lipinski definition) is 5. The summed E-state index contributed by atoms with van der Waals surface area (Å²) in [7, 11) is -3.19. The van der Waals surface area contributed by atoms with E-state index in [0.29, 0.717) is 31.1 Å². The minimum Gasteiger partial charge on any atom is -0.335 e. The Bertz CT molecular complexity index is 839. The molecule has 0 N–H and O–H groups in total. The van der Waals surface area contributed by atoms with Crippen molar-refractivity contribution in [1.82, 2.24) is 14.2 Å². The minimum absolute atomic E-state index is 0.0691. The predicted octanol–water partition coefficient (Wildman–Crippen LogP) is 1.84. The van der Waals surface area contributed by atoms with Gasteiger partial charge in [-0.2, -0.15) is 4.31 Å². The van der Waals surface area contributed by atoms with E-state index >= 15 is 0 Å². The maximum absolute atomic E-state index is 12.7. The maximum Gasteiger partial charge on any atom is 0.265 e. The molecule has 1 fully saturated rings. The summed E-state index contributed by atoms with van der Waals surface area (Å²) in [5.41, 5.74) is 1.71. The van der Waals surface area contributed by atoms with Crippen LogP contribution in [0.2, 0.25) is 0 Å². The fourth-order valence-corrected chi connectivity index (χ4v) is 4.53. The van der Waals surface area contributed by atoms with Gasteiger partial charge in [0.2, 0.25) is 10.0 Å². The topological polar surface area (TPSA) is 70.6 Å². The van der Waals surface area contributed by atoms with E-state index in [0.717, 1.165) is 16.3 Å². The van der Waals surface area contributed by atoms with Crippen LogP contribution in [0.15, 0.2) is 30.3 Å². The number of thiazole rings is 1. The fraction of sp³-hybridized carbons (Fsp3) is 0.375. The zero-order chi connectivity index (χ0) is 17.3. The van der Waals surface area contributed by atoms with Gasteiger partial charge in [-0.15, -0.1) is 11.3 Å². The molecule has 24 heavy (non-hydrogen) atoms. The second-order valence-corrected chi connectivity index (χ2v) is 8.74. The van der Waals surface area contributed by atoms with Crippen molar-refractivity contribution >= 4 is 27.3 Å². The summed E-state index contributed by atoms with van der Waals surface area (Å²) in [5.74, 6) is -0.0691. The third-order valence-electron chi connectivity index (χ3n) is 4.01. The highest BCUT2D eigenvalue weighted by Crippen LogP contribution is 2.28. The van der Waals surface area contributed by atoms with Crippen molar-refractivity contribution in [1.29, 1.82) is 0 Å². The lowest BCUT2D eigenvalue weighted by Gasteiger charge is -2.33. The van der Waals surface area contributed by atoms with Crippen molar-refractivity contribution in [2.75, 3.05) is 32.4 Å².